The zero-order valence-corrected chi connectivity index (χ0v) is 22.7. The van der Waals surface area contributed by atoms with Crippen molar-refractivity contribution < 1.29 is 14.3 Å². The first-order valence-electron chi connectivity index (χ1n) is 11.8. The standard InChI is InChI=1S/C11H12N2O3.C9H12O.C5H12.C2H5NS/c1-12-10(14)5-8-4-9-7(6-16-8)2-3-13-11(9)15;1-8-5-3-4-6-9(7-8)10-2;1-3-5-4-2;1-3-2-4/h2-4H,5-6H2,1H3,(H,12,14)(H,13,15);3,5-7H,4H2,1-2H3;3-5H2,1-2H3;2H,1H3,(H,3,4). The van der Waals surface area contributed by atoms with Crippen molar-refractivity contribution in [3.05, 3.63) is 75.1 Å². The third-order valence-electron chi connectivity index (χ3n) is 4.69. The molecule has 1 aliphatic carbocycles. The Morgan fingerprint density at radius 1 is 1.26 bits per heavy atom. The zero-order valence-electron chi connectivity index (χ0n) is 21.9. The fraction of sp³-hybridized carbons (Fsp3) is 0.444. The van der Waals surface area contributed by atoms with Crippen molar-refractivity contribution in [3.63, 3.8) is 0 Å². The number of pyridine rings is 1. The number of carbonyl (C=O) groups is 1. The number of amides is 1. The maximum atomic E-state index is 11.5. The molecule has 3 N–H and O–H groups in total. The summed E-state index contributed by atoms with van der Waals surface area (Å²) in [5.41, 5.74) is 3.96. The molecular formula is C27H41N3O4S. The summed E-state index contributed by atoms with van der Waals surface area (Å²) in [4.78, 5) is 25.3. The zero-order chi connectivity index (χ0) is 26.5. The maximum Gasteiger partial charge on any atom is 0.255 e. The Hall–Kier alpha value is -3.13. The van der Waals surface area contributed by atoms with E-state index in [1.54, 1.807) is 39.5 Å². The lowest BCUT2D eigenvalue weighted by atomic mass is 10.1. The molecule has 1 aliphatic heterocycles. The van der Waals surface area contributed by atoms with Crippen LogP contribution in [0.15, 0.2) is 58.5 Å². The molecule has 8 heteroatoms. The molecule has 3 rings (SSSR count). The number of ether oxygens (including phenoxy) is 2. The molecular weight excluding hydrogens is 462 g/mol. The average Bonchev–Trinajstić information content (AvgIpc) is 3.09. The van der Waals surface area contributed by atoms with Crippen molar-refractivity contribution in [2.24, 2.45) is 0 Å². The number of methoxy groups -OCH3 is 1. The minimum absolute atomic E-state index is 0.137. The number of thiocarbonyl (C=S) groups is 1. The van der Waals surface area contributed by atoms with Crippen molar-refractivity contribution in [1.82, 2.24) is 15.6 Å². The number of aromatic nitrogens is 1. The summed E-state index contributed by atoms with van der Waals surface area (Å²) in [5.74, 6) is 1.34. The van der Waals surface area contributed by atoms with Crippen LogP contribution in [0.2, 0.25) is 0 Å². The summed E-state index contributed by atoms with van der Waals surface area (Å²) in [7, 11) is 5.03. The van der Waals surface area contributed by atoms with Gasteiger partial charge in [-0.1, -0.05) is 57.5 Å². The molecule has 0 fully saturated rings. The monoisotopic (exact) mass is 503 g/mol. The largest absolute Gasteiger partial charge is 0.497 e. The third-order valence-corrected chi connectivity index (χ3v) is 4.92. The van der Waals surface area contributed by atoms with Gasteiger partial charge in [0.2, 0.25) is 5.91 Å². The number of unbranched alkanes of at least 4 members (excludes halogenated alkanes) is 2. The second-order valence-electron chi connectivity index (χ2n) is 7.59. The van der Waals surface area contributed by atoms with Crippen LogP contribution in [0.3, 0.4) is 0 Å². The summed E-state index contributed by atoms with van der Waals surface area (Å²) < 4.78 is 10.5. The van der Waals surface area contributed by atoms with Gasteiger partial charge < -0.3 is 25.1 Å². The van der Waals surface area contributed by atoms with Crippen LogP contribution in [0, 0.1) is 0 Å². The Balaban J connectivity index is 0.000000518. The molecule has 0 saturated heterocycles. The van der Waals surface area contributed by atoms with Crippen LogP contribution in [0.1, 0.15) is 64.0 Å². The molecule has 0 aromatic carbocycles. The van der Waals surface area contributed by atoms with Gasteiger partial charge in [-0.25, -0.2) is 0 Å². The van der Waals surface area contributed by atoms with E-state index in [2.05, 4.69) is 66.8 Å². The van der Waals surface area contributed by atoms with E-state index in [-0.39, 0.29) is 17.9 Å². The Morgan fingerprint density at radius 3 is 2.49 bits per heavy atom. The Labute approximate surface area is 215 Å². The lowest BCUT2D eigenvalue weighted by Crippen LogP contribution is -2.21. The van der Waals surface area contributed by atoms with E-state index < -0.39 is 0 Å². The second kappa shape index (κ2) is 20.3. The molecule has 194 valence electrons. The molecule has 0 radical (unpaired) electrons. The van der Waals surface area contributed by atoms with Crippen LogP contribution in [-0.4, -0.2) is 37.6 Å². The van der Waals surface area contributed by atoms with Gasteiger partial charge in [0, 0.05) is 31.4 Å². The molecule has 7 nitrogen and oxygen atoms in total. The minimum Gasteiger partial charge on any atom is -0.497 e. The van der Waals surface area contributed by atoms with Gasteiger partial charge in [0.15, 0.2) is 0 Å². The smallest absolute Gasteiger partial charge is 0.255 e. The first-order chi connectivity index (χ1) is 16.9. The minimum atomic E-state index is -0.157. The lowest BCUT2D eigenvalue weighted by molar-refractivity contribution is -0.120. The Kier molecular flexibility index (Phi) is 18.4. The predicted molar refractivity (Wildman–Crippen MR) is 149 cm³/mol. The molecule has 0 atom stereocenters. The molecule has 0 spiro atoms. The summed E-state index contributed by atoms with van der Waals surface area (Å²) in [6, 6.07) is 1.80. The van der Waals surface area contributed by atoms with Gasteiger partial charge in [-0.15, -0.1) is 0 Å². The molecule has 0 bridgehead atoms. The van der Waals surface area contributed by atoms with E-state index in [4.69, 9.17) is 9.47 Å². The topological polar surface area (TPSA) is 92.5 Å². The number of H-pyrrole nitrogens is 1. The fourth-order valence-electron chi connectivity index (χ4n) is 2.80. The number of fused-ring (bicyclic) bond motifs is 1. The number of nitrogens with one attached hydrogen (secondary N) is 3. The fourth-order valence-corrected chi connectivity index (χ4v) is 2.80. The van der Waals surface area contributed by atoms with E-state index >= 15 is 0 Å². The van der Waals surface area contributed by atoms with Crippen LogP contribution in [0.4, 0.5) is 0 Å². The van der Waals surface area contributed by atoms with Crippen LogP contribution < -0.4 is 16.2 Å². The van der Waals surface area contributed by atoms with Gasteiger partial charge in [0.05, 0.1) is 19.0 Å². The van der Waals surface area contributed by atoms with Crippen molar-refractivity contribution in [2.45, 2.75) is 59.5 Å². The summed E-state index contributed by atoms with van der Waals surface area (Å²) in [6.07, 6.45) is 16.7. The van der Waals surface area contributed by atoms with Crippen molar-refractivity contribution in [2.75, 3.05) is 21.2 Å². The van der Waals surface area contributed by atoms with E-state index in [1.807, 2.05) is 6.08 Å². The van der Waals surface area contributed by atoms with Crippen LogP contribution in [-0.2, 0) is 20.9 Å². The molecule has 0 unspecified atom stereocenters. The third kappa shape index (κ3) is 14.7. The molecule has 0 saturated carbocycles. The number of carbonyl (C=O) groups excluding carboxylic acids is 1. The molecule has 1 aromatic rings. The predicted octanol–water partition coefficient (Wildman–Crippen LogP) is 5.16. The van der Waals surface area contributed by atoms with Gasteiger partial charge in [0.1, 0.15) is 18.1 Å². The molecule has 2 aliphatic rings. The highest BCUT2D eigenvalue weighted by Crippen LogP contribution is 2.20. The van der Waals surface area contributed by atoms with Crippen molar-refractivity contribution >= 4 is 29.7 Å². The SMILES string of the molecule is CCCCC.CNC(=O)CC1=Cc2c(cc[nH]c2=O)CO1.CNC=S.COC1=CCC=CC(C)=C1. The van der Waals surface area contributed by atoms with Crippen molar-refractivity contribution in [1.29, 1.82) is 0 Å². The number of allylic oxidation sites excluding steroid dienone is 5. The van der Waals surface area contributed by atoms with Crippen LogP contribution >= 0.6 is 12.2 Å². The van der Waals surface area contributed by atoms with Gasteiger partial charge in [-0.05, 0) is 43.2 Å². The Morgan fingerprint density at radius 2 is 1.94 bits per heavy atom. The maximum absolute atomic E-state index is 11.5. The molecule has 1 aromatic heterocycles. The first-order valence-corrected chi connectivity index (χ1v) is 12.3. The quantitative estimate of drug-likeness (QED) is 0.464. The summed E-state index contributed by atoms with van der Waals surface area (Å²) >= 11 is 4.32. The van der Waals surface area contributed by atoms with E-state index in [0.717, 1.165) is 17.7 Å². The van der Waals surface area contributed by atoms with Gasteiger partial charge >= 0.3 is 0 Å². The molecule has 35 heavy (non-hydrogen) atoms. The van der Waals surface area contributed by atoms with E-state index in [1.165, 1.54) is 30.3 Å². The number of hydrogen-bond donors (Lipinski definition) is 3. The highest BCUT2D eigenvalue weighted by Gasteiger charge is 2.15. The lowest BCUT2D eigenvalue weighted by Gasteiger charge is -2.16. The summed E-state index contributed by atoms with van der Waals surface area (Å²) in [6.45, 7) is 6.82. The van der Waals surface area contributed by atoms with E-state index in [0.29, 0.717) is 17.9 Å². The van der Waals surface area contributed by atoms with Crippen molar-refractivity contribution in [3.8, 4) is 0 Å². The van der Waals surface area contributed by atoms with Crippen LogP contribution in [0.5, 0.6) is 0 Å². The highest BCUT2D eigenvalue weighted by atomic mass is 32.1. The van der Waals surface area contributed by atoms with E-state index in [9.17, 15) is 9.59 Å². The number of aromatic amines is 1. The summed E-state index contributed by atoms with van der Waals surface area (Å²) in [5, 5.41) is 5.13. The van der Waals surface area contributed by atoms with Gasteiger partial charge in [0.25, 0.3) is 5.56 Å². The first kappa shape index (κ1) is 31.9. The van der Waals surface area contributed by atoms with Crippen LogP contribution in [0.25, 0.3) is 6.08 Å². The number of hydrogen-bond acceptors (Lipinski definition) is 5. The second-order valence-corrected chi connectivity index (χ2v) is 7.83. The molecule has 2 heterocycles. The number of rotatable bonds is 6. The normalized spacial score (nSPS) is 12.9. The van der Waals surface area contributed by atoms with Gasteiger partial charge in [-0.2, -0.15) is 0 Å². The molecule has 1 amide bonds. The Bertz CT molecular complexity index is 944. The highest BCUT2D eigenvalue weighted by molar-refractivity contribution is 7.78. The van der Waals surface area contributed by atoms with Gasteiger partial charge in [-0.3, -0.25) is 9.59 Å². The average molecular weight is 504 g/mol.